The molecule has 0 atom stereocenters. The fourth-order valence-electron chi connectivity index (χ4n) is 6.56. The molecule has 200 valence electrons. The Morgan fingerprint density at radius 1 is 0.605 bits per heavy atom. The lowest BCUT2D eigenvalue weighted by atomic mass is 10.00. The summed E-state index contributed by atoms with van der Waals surface area (Å²) in [6, 6.07) is 41.0. The van der Waals surface area contributed by atoms with Gasteiger partial charge >= 0.3 is 0 Å². The molecule has 43 heavy (non-hydrogen) atoms. The van der Waals surface area contributed by atoms with Crippen LogP contribution >= 0.6 is 0 Å². The summed E-state index contributed by atoms with van der Waals surface area (Å²) < 4.78 is 14.8. The van der Waals surface area contributed by atoms with Crippen molar-refractivity contribution >= 4 is 71.9 Å². The van der Waals surface area contributed by atoms with Crippen LogP contribution in [0.3, 0.4) is 0 Å². The largest absolute Gasteiger partial charge is 0.456 e. The molecule has 0 spiro atoms. The summed E-state index contributed by atoms with van der Waals surface area (Å²) in [6.07, 6.45) is 1.34. The zero-order chi connectivity index (χ0) is 28.7. The first-order valence-corrected chi connectivity index (χ1v) is 14.1. The third-order valence-electron chi connectivity index (χ3n) is 8.54. The van der Waals surface area contributed by atoms with Gasteiger partial charge in [-0.1, -0.05) is 54.6 Å². The first-order chi connectivity index (χ1) is 21.2. The molecule has 6 aromatic carbocycles. The number of hydrogen-bond acceptors (Lipinski definition) is 4. The minimum atomic E-state index is 0.540. The molecule has 0 unspecified atom stereocenters. The fraction of sp³-hybridized carbons (Fsp3) is 0. The standard InChI is InChI=1S/C38H21N3O2/c39-20-22-9-10-25(21-40)33(17-22)41-31-14-11-23(24-12-16-36-29(18-24)27-6-2-3-7-34(27)42-36)19-30(31)37-32(41)15-13-28-26-5-1-4-8-35(26)43-38(28)37/h1-19,21,40H. The number of aromatic nitrogens is 1. The Labute approximate surface area is 244 Å². The Hall–Kier alpha value is -6.12. The predicted octanol–water partition coefficient (Wildman–Crippen LogP) is 10.1. The first kappa shape index (κ1) is 23.6. The third kappa shape index (κ3) is 3.29. The molecule has 5 heteroatoms. The summed E-state index contributed by atoms with van der Waals surface area (Å²) >= 11 is 0. The van der Waals surface area contributed by atoms with Crippen LogP contribution < -0.4 is 0 Å². The first-order valence-electron chi connectivity index (χ1n) is 14.1. The van der Waals surface area contributed by atoms with E-state index in [0.29, 0.717) is 5.56 Å². The van der Waals surface area contributed by atoms with Crippen molar-refractivity contribution in [2.24, 2.45) is 0 Å². The monoisotopic (exact) mass is 551 g/mol. The molecule has 0 bridgehead atoms. The van der Waals surface area contributed by atoms with Crippen molar-refractivity contribution in [3.05, 3.63) is 126 Å². The second-order valence-electron chi connectivity index (χ2n) is 10.8. The number of furan rings is 2. The Morgan fingerprint density at radius 3 is 2.07 bits per heavy atom. The Kier molecular flexibility index (Phi) is 4.76. The molecule has 3 heterocycles. The maximum absolute atomic E-state index is 9.72. The molecule has 0 fully saturated rings. The van der Waals surface area contributed by atoms with Gasteiger partial charge in [0.1, 0.15) is 22.3 Å². The minimum absolute atomic E-state index is 0.540. The molecule has 9 aromatic rings. The van der Waals surface area contributed by atoms with Crippen LogP contribution in [-0.4, -0.2) is 10.8 Å². The number of nitrogens with zero attached hydrogens (tertiary/aromatic N) is 2. The van der Waals surface area contributed by atoms with Crippen molar-refractivity contribution in [3.63, 3.8) is 0 Å². The highest BCUT2D eigenvalue weighted by Crippen LogP contribution is 2.42. The fourth-order valence-corrected chi connectivity index (χ4v) is 6.56. The van der Waals surface area contributed by atoms with E-state index in [4.69, 9.17) is 14.2 Å². The lowest BCUT2D eigenvalue weighted by Crippen LogP contribution is -2.00. The molecule has 0 saturated carbocycles. The van der Waals surface area contributed by atoms with Gasteiger partial charge < -0.3 is 18.8 Å². The number of rotatable bonds is 3. The second-order valence-corrected chi connectivity index (χ2v) is 10.8. The SMILES string of the molecule is N#Cc1ccc(C=N)c(-n2c3ccc(-c4ccc5oc6ccccc6c5c4)cc3c3c4oc5ccccc5c4ccc32)c1. The molecule has 3 aromatic heterocycles. The quantitative estimate of drug-likeness (QED) is 0.222. The van der Waals surface area contributed by atoms with Crippen LogP contribution in [0.2, 0.25) is 0 Å². The van der Waals surface area contributed by atoms with Crippen LogP contribution in [0, 0.1) is 16.7 Å². The third-order valence-corrected chi connectivity index (χ3v) is 8.54. The van der Waals surface area contributed by atoms with Crippen molar-refractivity contribution in [1.29, 1.82) is 10.7 Å². The number of hydrogen-bond donors (Lipinski definition) is 1. The topological polar surface area (TPSA) is 78.9 Å². The summed E-state index contributed by atoms with van der Waals surface area (Å²) in [7, 11) is 0. The van der Waals surface area contributed by atoms with Crippen LogP contribution in [0.25, 0.3) is 82.5 Å². The maximum Gasteiger partial charge on any atom is 0.145 e. The van der Waals surface area contributed by atoms with Gasteiger partial charge in [0, 0.05) is 38.7 Å². The second kappa shape index (κ2) is 8.69. The number of benzene rings is 6. The van der Waals surface area contributed by atoms with E-state index >= 15 is 0 Å². The number of nitriles is 1. The number of para-hydroxylation sites is 2. The van der Waals surface area contributed by atoms with Crippen molar-refractivity contribution in [3.8, 4) is 22.9 Å². The molecule has 0 radical (unpaired) electrons. The Balaban J connectivity index is 1.40. The average Bonchev–Trinajstić information content (AvgIpc) is 3.73. The maximum atomic E-state index is 9.72. The lowest BCUT2D eigenvalue weighted by molar-refractivity contribution is 0.669. The zero-order valence-corrected chi connectivity index (χ0v) is 22.8. The van der Waals surface area contributed by atoms with Crippen LogP contribution in [0.5, 0.6) is 0 Å². The number of nitrogens with one attached hydrogen (secondary N) is 1. The van der Waals surface area contributed by atoms with E-state index in [2.05, 4.69) is 65.2 Å². The van der Waals surface area contributed by atoms with Gasteiger partial charge in [0.15, 0.2) is 0 Å². The zero-order valence-electron chi connectivity index (χ0n) is 22.8. The van der Waals surface area contributed by atoms with E-state index in [0.717, 1.165) is 88.1 Å². The highest BCUT2D eigenvalue weighted by molar-refractivity contribution is 6.24. The van der Waals surface area contributed by atoms with E-state index in [1.54, 1.807) is 6.07 Å². The highest BCUT2D eigenvalue weighted by Gasteiger charge is 2.21. The molecule has 0 aliphatic carbocycles. The Morgan fingerprint density at radius 2 is 1.28 bits per heavy atom. The van der Waals surface area contributed by atoms with Gasteiger partial charge in [0.25, 0.3) is 0 Å². The van der Waals surface area contributed by atoms with Crippen molar-refractivity contribution in [2.45, 2.75) is 0 Å². The lowest BCUT2D eigenvalue weighted by Gasteiger charge is -2.12. The molecule has 0 aliphatic rings. The summed E-state index contributed by atoms with van der Waals surface area (Å²) in [6.45, 7) is 0. The van der Waals surface area contributed by atoms with Crippen molar-refractivity contribution < 1.29 is 8.83 Å². The van der Waals surface area contributed by atoms with Crippen LogP contribution in [0.1, 0.15) is 11.1 Å². The predicted molar refractivity (Wildman–Crippen MR) is 173 cm³/mol. The van der Waals surface area contributed by atoms with Crippen LogP contribution in [0.4, 0.5) is 0 Å². The van der Waals surface area contributed by atoms with Gasteiger partial charge in [-0.05, 0) is 71.8 Å². The van der Waals surface area contributed by atoms with Crippen molar-refractivity contribution in [1.82, 2.24) is 4.57 Å². The summed E-state index contributed by atoms with van der Waals surface area (Å²) in [4.78, 5) is 0. The Bertz CT molecular complexity index is 2660. The molecule has 5 nitrogen and oxygen atoms in total. The summed E-state index contributed by atoms with van der Waals surface area (Å²) in [5.74, 6) is 0. The molecule has 0 saturated heterocycles. The van der Waals surface area contributed by atoms with Gasteiger partial charge in [-0.15, -0.1) is 0 Å². The summed E-state index contributed by atoms with van der Waals surface area (Å²) in [5.41, 5.74) is 9.54. The molecular formula is C38H21N3O2. The molecule has 9 rings (SSSR count). The minimum Gasteiger partial charge on any atom is -0.456 e. The van der Waals surface area contributed by atoms with Gasteiger partial charge in [0.05, 0.1) is 33.7 Å². The van der Waals surface area contributed by atoms with E-state index in [-0.39, 0.29) is 0 Å². The van der Waals surface area contributed by atoms with E-state index < -0.39 is 0 Å². The van der Waals surface area contributed by atoms with Crippen LogP contribution in [0.15, 0.2) is 124 Å². The molecule has 1 N–H and O–H groups in total. The summed E-state index contributed by atoms with van der Waals surface area (Å²) in [5, 5.41) is 24.2. The van der Waals surface area contributed by atoms with E-state index in [9.17, 15) is 5.26 Å². The molecular weight excluding hydrogens is 530 g/mol. The van der Waals surface area contributed by atoms with Gasteiger partial charge in [-0.3, -0.25) is 0 Å². The van der Waals surface area contributed by atoms with Crippen LogP contribution in [-0.2, 0) is 0 Å². The van der Waals surface area contributed by atoms with Gasteiger partial charge in [-0.25, -0.2) is 0 Å². The number of fused-ring (bicyclic) bond motifs is 10. The van der Waals surface area contributed by atoms with E-state index in [1.807, 2.05) is 54.6 Å². The smallest absolute Gasteiger partial charge is 0.145 e. The van der Waals surface area contributed by atoms with Gasteiger partial charge in [-0.2, -0.15) is 5.26 Å². The average molecular weight is 552 g/mol. The van der Waals surface area contributed by atoms with E-state index in [1.165, 1.54) is 6.21 Å². The molecule has 0 aliphatic heterocycles. The van der Waals surface area contributed by atoms with Crippen molar-refractivity contribution in [2.75, 3.05) is 0 Å². The highest BCUT2D eigenvalue weighted by atomic mass is 16.3. The molecule has 0 amide bonds. The normalized spacial score (nSPS) is 11.8. The van der Waals surface area contributed by atoms with Gasteiger partial charge in [0.2, 0.25) is 0 Å².